The third kappa shape index (κ3) is 5.87. The van der Waals surface area contributed by atoms with Gasteiger partial charge in [-0.1, -0.05) is 26.8 Å². The van der Waals surface area contributed by atoms with Crippen LogP contribution >= 0.6 is 0 Å². The van der Waals surface area contributed by atoms with E-state index in [-0.39, 0.29) is 11.5 Å². The molecule has 2 heterocycles. The number of nitrogens with zero attached hydrogens (tertiary/aromatic N) is 2. The number of ether oxygens (including phenoxy) is 2. The second kappa shape index (κ2) is 9.76. The second-order valence-electron chi connectivity index (χ2n) is 7.81. The van der Waals surface area contributed by atoms with Crippen LogP contribution in [0.25, 0.3) is 0 Å². The van der Waals surface area contributed by atoms with Crippen LogP contribution in [0.3, 0.4) is 0 Å². The molecule has 0 aliphatic carbocycles. The molecule has 1 saturated heterocycles. The molecule has 2 unspecified atom stereocenters. The zero-order chi connectivity index (χ0) is 19.0. The molecule has 0 radical (unpaired) electrons. The predicted molar refractivity (Wildman–Crippen MR) is 106 cm³/mol. The van der Waals surface area contributed by atoms with Crippen molar-refractivity contribution in [2.75, 3.05) is 26.8 Å². The molecule has 1 aliphatic heterocycles. The number of aromatic nitrogens is 1. The first kappa shape index (κ1) is 20.5. The molecule has 0 spiro atoms. The molecule has 2 rings (SSSR count). The van der Waals surface area contributed by atoms with E-state index in [4.69, 9.17) is 14.5 Å². The minimum atomic E-state index is 0.144. The Hall–Kier alpha value is -1.82. The minimum Gasteiger partial charge on any atom is -0.481 e. The largest absolute Gasteiger partial charge is 0.481 e. The summed E-state index contributed by atoms with van der Waals surface area (Å²) in [5, 5.41) is 6.82. The average molecular weight is 363 g/mol. The average Bonchev–Trinajstić information content (AvgIpc) is 2.63. The normalized spacial score (nSPS) is 21.3. The molecule has 1 aromatic rings. The van der Waals surface area contributed by atoms with Crippen molar-refractivity contribution < 1.29 is 9.47 Å². The summed E-state index contributed by atoms with van der Waals surface area (Å²) in [6.45, 7) is 11.9. The van der Waals surface area contributed by atoms with Gasteiger partial charge in [0, 0.05) is 37.4 Å². The third-order valence-electron chi connectivity index (χ3n) is 4.63. The Morgan fingerprint density at radius 2 is 2.19 bits per heavy atom. The van der Waals surface area contributed by atoms with E-state index in [0.29, 0.717) is 18.3 Å². The highest BCUT2D eigenvalue weighted by Crippen LogP contribution is 2.33. The number of nitrogens with one attached hydrogen (secondary N) is 2. The van der Waals surface area contributed by atoms with Gasteiger partial charge in [0.25, 0.3) is 0 Å². The zero-order valence-corrected chi connectivity index (χ0v) is 16.8. The van der Waals surface area contributed by atoms with Crippen LogP contribution in [0.15, 0.2) is 23.3 Å². The van der Waals surface area contributed by atoms with E-state index < -0.39 is 0 Å². The lowest BCUT2D eigenvalue weighted by atomic mass is 9.78. The Morgan fingerprint density at radius 1 is 1.38 bits per heavy atom. The smallest absolute Gasteiger partial charge is 0.218 e. The number of guanidine groups is 1. The number of methoxy groups -OCH3 is 1. The van der Waals surface area contributed by atoms with Gasteiger partial charge >= 0.3 is 0 Å². The van der Waals surface area contributed by atoms with Crippen LogP contribution < -0.4 is 15.4 Å². The number of aliphatic imine (C=N–C) groups is 1. The van der Waals surface area contributed by atoms with Gasteiger partial charge in [0.1, 0.15) is 0 Å². The third-order valence-corrected chi connectivity index (χ3v) is 4.63. The lowest BCUT2D eigenvalue weighted by Crippen LogP contribution is -2.47. The zero-order valence-electron chi connectivity index (χ0n) is 16.8. The molecule has 1 aliphatic rings. The number of hydrogen-bond acceptors (Lipinski definition) is 4. The van der Waals surface area contributed by atoms with E-state index in [2.05, 4.69) is 43.3 Å². The topological polar surface area (TPSA) is 67.8 Å². The van der Waals surface area contributed by atoms with Gasteiger partial charge in [-0.3, -0.25) is 0 Å². The highest BCUT2D eigenvalue weighted by molar-refractivity contribution is 5.79. The van der Waals surface area contributed by atoms with Crippen LogP contribution in [0.1, 0.15) is 46.1 Å². The van der Waals surface area contributed by atoms with E-state index in [1.54, 1.807) is 13.3 Å². The molecular formula is C20H34N4O2. The van der Waals surface area contributed by atoms with E-state index in [1.807, 2.05) is 12.1 Å². The van der Waals surface area contributed by atoms with Crippen LogP contribution in [0.4, 0.5) is 0 Å². The van der Waals surface area contributed by atoms with E-state index in [0.717, 1.165) is 37.6 Å². The summed E-state index contributed by atoms with van der Waals surface area (Å²) in [6, 6.07) is 3.89. The van der Waals surface area contributed by atoms with Gasteiger partial charge < -0.3 is 20.1 Å². The van der Waals surface area contributed by atoms with Crippen molar-refractivity contribution in [1.82, 2.24) is 15.6 Å². The fourth-order valence-corrected chi connectivity index (χ4v) is 3.47. The van der Waals surface area contributed by atoms with Gasteiger partial charge in [-0.05, 0) is 31.2 Å². The Morgan fingerprint density at radius 3 is 2.88 bits per heavy atom. The first-order valence-electron chi connectivity index (χ1n) is 9.57. The Labute approximate surface area is 157 Å². The maximum Gasteiger partial charge on any atom is 0.218 e. The fraction of sp³-hybridized carbons (Fsp3) is 0.700. The van der Waals surface area contributed by atoms with Gasteiger partial charge in [-0.2, -0.15) is 0 Å². The molecule has 146 valence electrons. The predicted octanol–water partition coefficient (Wildman–Crippen LogP) is 2.99. The molecule has 6 heteroatoms. The van der Waals surface area contributed by atoms with E-state index in [1.165, 1.54) is 6.42 Å². The monoisotopic (exact) mass is 362 g/mol. The summed E-state index contributed by atoms with van der Waals surface area (Å²) >= 11 is 0. The number of rotatable bonds is 6. The second-order valence-corrected chi connectivity index (χ2v) is 7.81. The van der Waals surface area contributed by atoms with Crippen LogP contribution in [0, 0.1) is 11.3 Å². The summed E-state index contributed by atoms with van der Waals surface area (Å²) in [4.78, 5) is 8.93. The first-order chi connectivity index (χ1) is 12.5. The molecule has 2 atom stereocenters. The molecule has 1 aromatic heterocycles. The van der Waals surface area contributed by atoms with Gasteiger partial charge in [-0.25, -0.2) is 9.98 Å². The van der Waals surface area contributed by atoms with Gasteiger partial charge in [0.05, 0.1) is 19.8 Å². The molecule has 1 fully saturated rings. The van der Waals surface area contributed by atoms with Crippen LogP contribution in [-0.2, 0) is 11.3 Å². The van der Waals surface area contributed by atoms with Crippen LogP contribution in [0.2, 0.25) is 0 Å². The van der Waals surface area contributed by atoms with Crippen molar-refractivity contribution in [2.24, 2.45) is 16.3 Å². The summed E-state index contributed by atoms with van der Waals surface area (Å²) in [6.07, 6.45) is 4.31. The quantitative estimate of drug-likeness (QED) is 0.601. The maximum absolute atomic E-state index is 6.08. The van der Waals surface area contributed by atoms with Gasteiger partial charge in [0.2, 0.25) is 5.88 Å². The van der Waals surface area contributed by atoms with Crippen molar-refractivity contribution >= 4 is 5.96 Å². The highest BCUT2D eigenvalue weighted by atomic mass is 16.5. The lowest BCUT2D eigenvalue weighted by molar-refractivity contribution is -0.0835. The van der Waals surface area contributed by atoms with Crippen molar-refractivity contribution in [2.45, 2.75) is 53.2 Å². The van der Waals surface area contributed by atoms with Crippen molar-refractivity contribution in [1.29, 1.82) is 0 Å². The number of hydrogen-bond donors (Lipinski definition) is 2. The van der Waals surface area contributed by atoms with Gasteiger partial charge in [-0.15, -0.1) is 0 Å². The van der Waals surface area contributed by atoms with E-state index >= 15 is 0 Å². The van der Waals surface area contributed by atoms with Crippen LogP contribution in [-0.4, -0.2) is 43.9 Å². The van der Waals surface area contributed by atoms with Gasteiger partial charge in [0.15, 0.2) is 5.96 Å². The fourth-order valence-electron chi connectivity index (χ4n) is 3.47. The SMILES string of the molecule is CCNC(=NCc1cccnc1OC)NCC1CCCOC1C(C)(C)C. The molecule has 0 bridgehead atoms. The number of pyridine rings is 1. The summed E-state index contributed by atoms with van der Waals surface area (Å²) in [7, 11) is 1.63. The highest BCUT2D eigenvalue weighted by Gasteiger charge is 2.35. The summed E-state index contributed by atoms with van der Waals surface area (Å²) in [5.41, 5.74) is 1.12. The summed E-state index contributed by atoms with van der Waals surface area (Å²) < 4.78 is 11.4. The van der Waals surface area contributed by atoms with E-state index in [9.17, 15) is 0 Å². The Balaban J connectivity index is 2.00. The Bertz CT molecular complexity index is 583. The summed E-state index contributed by atoms with van der Waals surface area (Å²) in [5.74, 6) is 1.93. The molecule has 0 aromatic carbocycles. The maximum atomic E-state index is 6.08. The minimum absolute atomic E-state index is 0.144. The standard InChI is InChI=1S/C20H34N4O2/c1-6-21-19(24-14-16-9-7-11-22-18(16)25-5)23-13-15-10-8-12-26-17(15)20(2,3)4/h7,9,11,15,17H,6,8,10,12-14H2,1-5H3,(H2,21,23,24). The van der Waals surface area contributed by atoms with Crippen molar-refractivity contribution in [3.05, 3.63) is 23.9 Å². The van der Waals surface area contributed by atoms with Crippen molar-refractivity contribution in [3.8, 4) is 5.88 Å². The van der Waals surface area contributed by atoms with Crippen LogP contribution in [0.5, 0.6) is 5.88 Å². The molecule has 2 N–H and O–H groups in total. The molecule has 0 amide bonds. The van der Waals surface area contributed by atoms with Crippen molar-refractivity contribution in [3.63, 3.8) is 0 Å². The Kier molecular flexibility index (Phi) is 7.69. The first-order valence-corrected chi connectivity index (χ1v) is 9.57. The molecule has 26 heavy (non-hydrogen) atoms. The lowest BCUT2D eigenvalue weighted by Gasteiger charge is -2.40. The molecular weight excluding hydrogens is 328 g/mol. The molecule has 6 nitrogen and oxygen atoms in total. The molecule has 0 saturated carbocycles.